The van der Waals surface area contributed by atoms with Gasteiger partial charge in [-0.15, -0.1) is 0 Å². The van der Waals surface area contributed by atoms with E-state index in [1.807, 2.05) is 0 Å². The monoisotopic (exact) mass is 136 g/mol. The number of hydrogen-bond donors (Lipinski definition) is 1. The number of carboxylic acids is 1. The maximum absolute atomic E-state index is 9.59. The number of nitrogens with one attached hydrogen (secondary N) is 1. The summed E-state index contributed by atoms with van der Waals surface area (Å²) in [6, 6.07) is 1.72. The molecule has 0 spiro atoms. The number of carbonyl (C=O) groups is 1. The smallest absolute Gasteiger partial charge is 0.549 e. The van der Waals surface area contributed by atoms with Crippen LogP contribution < -0.4 is 40.0 Å². The molecule has 0 heterocycles. The molecular weight excluding hydrogens is 131 g/mol. The molecule has 0 atom stereocenters. The van der Waals surface area contributed by atoms with E-state index in [1.54, 1.807) is 6.07 Å². The summed E-state index contributed by atoms with van der Waals surface area (Å²) in [5.41, 5.74) is 0. The number of aliphatic carboxylic acids is 1. The second-order valence-electron chi connectivity index (χ2n) is 1.13. The van der Waals surface area contributed by atoms with Crippen molar-refractivity contribution in [2.45, 2.75) is 0 Å². The first kappa shape index (κ1) is 11.7. The SMILES string of the molecule is N#CCNCC(=O)[O-].[Na+]. The first-order chi connectivity index (χ1) is 3.77. The van der Waals surface area contributed by atoms with Crippen LogP contribution in [0.5, 0.6) is 0 Å². The predicted molar refractivity (Wildman–Crippen MR) is 23.5 cm³/mol. The normalized spacial score (nSPS) is 7.00. The van der Waals surface area contributed by atoms with Crippen LogP contribution in [0.2, 0.25) is 0 Å². The third kappa shape index (κ3) is 11.5. The Hall–Kier alpha value is -0.0800. The minimum absolute atomic E-state index is 0. The summed E-state index contributed by atoms with van der Waals surface area (Å²) in [4.78, 5) is 9.59. The van der Waals surface area contributed by atoms with Gasteiger partial charge >= 0.3 is 29.6 Å². The Morgan fingerprint density at radius 2 is 2.33 bits per heavy atom. The number of nitrogens with zero attached hydrogens (tertiary/aromatic N) is 1. The van der Waals surface area contributed by atoms with E-state index in [-0.39, 0.29) is 42.6 Å². The summed E-state index contributed by atoms with van der Waals surface area (Å²) >= 11 is 0. The van der Waals surface area contributed by atoms with Crippen LogP contribution in [0.4, 0.5) is 0 Å². The fourth-order valence-electron chi connectivity index (χ4n) is 0.220. The van der Waals surface area contributed by atoms with Gasteiger partial charge in [0, 0.05) is 6.54 Å². The fraction of sp³-hybridized carbons (Fsp3) is 0.500. The van der Waals surface area contributed by atoms with Crippen LogP contribution in [0.15, 0.2) is 0 Å². The second-order valence-corrected chi connectivity index (χ2v) is 1.13. The minimum Gasteiger partial charge on any atom is -0.549 e. The molecule has 0 aliphatic heterocycles. The van der Waals surface area contributed by atoms with Gasteiger partial charge in [0.05, 0.1) is 18.6 Å². The number of carboxylic acid groups (broad SMARTS) is 1. The first-order valence-electron chi connectivity index (χ1n) is 2.05. The first-order valence-corrected chi connectivity index (χ1v) is 2.05. The Kier molecular flexibility index (Phi) is 10.3. The predicted octanol–water partition coefficient (Wildman–Crippen LogP) is -5.15. The van der Waals surface area contributed by atoms with Gasteiger partial charge in [0.1, 0.15) is 0 Å². The van der Waals surface area contributed by atoms with E-state index in [9.17, 15) is 9.90 Å². The van der Waals surface area contributed by atoms with Gasteiger partial charge in [0.2, 0.25) is 0 Å². The number of carbonyl (C=O) groups excluding carboxylic acids is 1. The van der Waals surface area contributed by atoms with E-state index in [0.29, 0.717) is 0 Å². The van der Waals surface area contributed by atoms with Gasteiger partial charge in [-0.1, -0.05) is 0 Å². The zero-order valence-corrected chi connectivity index (χ0v) is 7.18. The molecule has 4 nitrogen and oxygen atoms in total. The van der Waals surface area contributed by atoms with Crippen molar-refractivity contribution in [3.8, 4) is 6.07 Å². The van der Waals surface area contributed by atoms with Crippen LogP contribution in [-0.4, -0.2) is 19.1 Å². The summed E-state index contributed by atoms with van der Waals surface area (Å²) in [6.45, 7) is -0.207. The number of rotatable bonds is 3. The molecule has 0 rings (SSSR count). The Morgan fingerprint density at radius 3 is 2.67 bits per heavy atom. The molecule has 5 heteroatoms. The molecule has 0 saturated heterocycles. The summed E-state index contributed by atoms with van der Waals surface area (Å²) in [6.07, 6.45) is 0. The van der Waals surface area contributed by atoms with Gasteiger partial charge in [-0.05, 0) is 0 Å². The maximum Gasteiger partial charge on any atom is 1.00 e. The minimum atomic E-state index is -1.19. The molecule has 1 N–H and O–H groups in total. The van der Waals surface area contributed by atoms with Crippen LogP contribution in [-0.2, 0) is 4.79 Å². The van der Waals surface area contributed by atoms with Crippen molar-refractivity contribution in [1.29, 1.82) is 5.26 Å². The average molecular weight is 136 g/mol. The van der Waals surface area contributed by atoms with Crippen molar-refractivity contribution in [2.24, 2.45) is 0 Å². The maximum atomic E-state index is 9.59. The van der Waals surface area contributed by atoms with Crippen LogP contribution in [0.1, 0.15) is 0 Å². The van der Waals surface area contributed by atoms with Gasteiger partial charge in [0.15, 0.2) is 0 Å². The van der Waals surface area contributed by atoms with Crippen molar-refractivity contribution >= 4 is 5.97 Å². The Labute approximate surface area is 75.1 Å². The van der Waals surface area contributed by atoms with E-state index in [1.165, 1.54) is 0 Å². The Bertz CT molecular complexity index is 120. The van der Waals surface area contributed by atoms with E-state index in [4.69, 9.17) is 5.26 Å². The van der Waals surface area contributed by atoms with Crippen LogP contribution in [0.3, 0.4) is 0 Å². The Morgan fingerprint density at radius 1 is 1.78 bits per heavy atom. The molecule has 0 aromatic heterocycles. The van der Waals surface area contributed by atoms with Crippen LogP contribution in [0, 0.1) is 11.3 Å². The van der Waals surface area contributed by atoms with Crippen LogP contribution in [0.25, 0.3) is 0 Å². The average Bonchev–Trinajstić information content (AvgIpc) is 1.66. The van der Waals surface area contributed by atoms with Gasteiger partial charge in [-0.2, -0.15) is 5.26 Å². The molecule has 0 bridgehead atoms. The molecule has 0 radical (unpaired) electrons. The standard InChI is InChI=1S/C4H6N2O2.Na/c5-1-2-6-3-4(7)8;/h6H,2-3H2,(H,7,8);/q;+1/p-1. The van der Waals surface area contributed by atoms with Gasteiger partial charge in [-0.25, -0.2) is 0 Å². The summed E-state index contributed by atoms with van der Waals surface area (Å²) < 4.78 is 0. The van der Waals surface area contributed by atoms with Crippen molar-refractivity contribution in [3.05, 3.63) is 0 Å². The third-order valence-corrected chi connectivity index (χ3v) is 0.473. The summed E-state index contributed by atoms with van der Waals surface area (Å²) in [7, 11) is 0. The van der Waals surface area contributed by atoms with E-state index >= 15 is 0 Å². The largest absolute Gasteiger partial charge is 1.00 e. The molecule has 0 amide bonds. The van der Waals surface area contributed by atoms with E-state index in [0.717, 1.165) is 0 Å². The van der Waals surface area contributed by atoms with Crippen molar-refractivity contribution in [2.75, 3.05) is 13.1 Å². The van der Waals surface area contributed by atoms with Gasteiger partial charge in [0.25, 0.3) is 0 Å². The molecular formula is C4H5N2NaO2. The molecule has 44 valence electrons. The Balaban J connectivity index is 0. The van der Waals surface area contributed by atoms with Crippen LogP contribution >= 0.6 is 0 Å². The van der Waals surface area contributed by atoms with E-state index in [2.05, 4.69) is 5.32 Å². The van der Waals surface area contributed by atoms with Crippen molar-refractivity contribution < 1.29 is 39.5 Å². The fourth-order valence-corrected chi connectivity index (χ4v) is 0.220. The molecule has 0 aromatic rings. The molecule has 0 aliphatic rings. The van der Waals surface area contributed by atoms with Crippen molar-refractivity contribution in [1.82, 2.24) is 5.32 Å². The summed E-state index contributed by atoms with van der Waals surface area (Å²) in [5.74, 6) is -1.19. The van der Waals surface area contributed by atoms with Gasteiger partial charge < -0.3 is 9.90 Å². The molecule has 0 aliphatic carbocycles. The second kappa shape index (κ2) is 7.92. The quantitative estimate of drug-likeness (QED) is 0.239. The topological polar surface area (TPSA) is 76.0 Å². The molecule has 0 saturated carbocycles. The summed E-state index contributed by atoms with van der Waals surface area (Å²) in [5, 5.41) is 19.8. The molecule has 0 aromatic carbocycles. The molecule has 9 heavy (non-hydrogen) atoms. The third-order valence-electron chi connectivity index (χ3n) is 0.473. The number of nitriles is 1. The molecule has 0 unspecified atom stereocenters. The zero-order valence-electron chi connectivity index (χ0n) is 5.18. The zero-order chi connectivity index (χ0) is 6.41. The number of hydrogen-bond acceptors (Lipinski definition) is 4. The van der Waals surface area contributed by atoms with E-state index < -0.39 is 5.97 Å². The van der Waals surface area contributed by atoms with Gasteiger partial charge in [-0.3, -0.25) is 5.32 Å². The van der Waals surface area contributed by atoms with Crippen molar-refractivity contribution in [3.63, 3.8) is 0 Å². The molecule has 0 fully saturated rings.